The molecule has 0 aromatic heterocycles. The zero-order chi connectivity index (χ0) is 63.6. The molecule has 6 aliphatic rings. The van der Waals surface area contributed by atoms with Crippen LogP contribution in [0.1, 0.15) is 48.3 Å². The van der Waals surface area contributed by atoms with E-state index >= 15 is 0 Å². The first kappa shape index (κ1) is 36.8. The van der Waals surface area contributed by atoms with E-state index in [2.05, 4.69) is 97.3 Å². The van der Waals surface area contributed by atoms with Crippen molar-refractivity contribution in [3.05, 3.63) is 217 Å². The van der Waals surface area contributed by atoms with Gasteiger partial charge in [0, 0.05) is 0 Å². The third kappa shape index (κ3) is 7.44. The quantitative estimate of drug-likeness (QED) is 0.167. The van der Waals surface area contributed by atoms with Gasteiger partial charge in [-0.15, -0.1) is 0 Å². The molecule has 0 spiro atoms. The molecule has 0 radical (unpaired) electrons. The molecule has 0 saturated heterocycles. The molecule has 0 aliphatic carbocycles. The second kappa shape index (κ2) is 17.9. The molecule has 0 amide bonds. The molecule has 10 nitrogen and oxygen atoms in total. The monoisotopic (exact) mass is 1400 g/mol. The first-order valence-corrected chi connectivity index (χ1v) is 30.4. The molecule has 9 aromatic carbocycles. The second-order valence-electron chi connectivity index (χ2n) is 21.0. The van der Waals surface area contributed by atoms with E-state index in [1.807, 2.05) is 160 Å². The van der Waals surface area contributed by atoms with Crippen molar-refractivity contribution in [3.63, 3.8) is 0 Å². The number of benzene rings is 9. The van der Waals surface area contributed by atoms with Crippen molar-refractivity contribution in [3.8, 4) is 0 Å². The fourth-order valence-corrected chi connectivity index (χ4v) is 17.6. The molecule has 9 aromatic rings. The zero-order valence-electron chi connectivity index (χ0n) is 55.2. The Labute approximate surface area is 495 Å². The van der Waals surface area contributed by atoms with Gasteiger partial charge < -0.3 is 0 Å². The Bertz CT molecular complexity index is 4680. The van der Waals surface area contributed by atoms with Gasteiger partial charge in [0.05, 0.1) is 0 Å². The number of para-hydroxylation sites is 8. The van der Waals surface area contributed by atoms with Crippen molar-refractivity contribution in [1.82, 2.24) is 0 Å². The van der Waals surface area contributed by atoms with Gasteiger partial charge in [0.25, 0.3) is 0 Å². The van der Waals surface area contributed by atoms with Crippen molar-refractivity contribution < 1.29 is 51.7 Å². The van der Waals surface area contributed by atoms with Gasteiger partial charge >= 0.3 is 498 Å². The third-order valence-electron chi connectivity index (χ3n) is 15.0. The van der Waals surface area contributed by atoms with Crippen LogP contribution in [0.25, 0.3) is 0 Å². The van der Waals surface area contributed by atoms with E-state index in [9.17, 15) is 4.11 Å². The minimum absolute atomic E-state index is 0.417. The molecule has 15 rings (SSSR count). The normalized spacial score (nSPS) is 19.0. The van der Waals surface area contributed by atoms with Crippen molar-refractivity contribution >= 4 is 119 Å². The fraction of sp³-hybridized carbons (Fsp3) is 0.134. The van der Waals surface area contributed by atoms with Gasteiger partial charge in [-0.2, -0.15) is 0 Å². The van der Waals surface area contributed by atoms with Crippen molar-refractivity contribution in [2.24, 2.45) is 0 Å². The number of hydrogen-bond acceptors (Lipinski definition) is 10. The van der Waals surface area contributed by atoms with Crippen molar-refractivity contribution in [1.29, 1.82) is 0 Å². The molecule has 0 fully saturated rings. The summed E-state index contributed by atoms with van der Waals surface area (Å²) in [4.78, 5) is 18.1. The zero-order valence-corrected chi connectivity index (χ0v) is 47.8. The summed E-state index contributed by atoms with van der Waals surface area (Å²) in [5, 5.41) is 0. The molecule has 396 valence electrons. The van der Waals surface area contributed by atoms with Gasteiger partial charge in [0.2, 0.25) is 0 Å². The van der Waals surface area contributed by atoms with Gasteiger partial charge in [0.15, 0.2) is 0 Å². The van der Waals surface area contributed by atoms with Crippen LogP contribution in [-0.2, 0) is 40.7 Å². The van der Waals surface area contributed by atoms with E-state index in [1.54, 1.807) is 6.07 Å². The molecule has 8 bridgehead atoms. The molecule has 79 heavy (non-hydrogen) atoms. The van der Waals surface area contributed by atoms with E-state index in [0.29, 0.717) is 84.8 Å². The van der Waals surface area contributed by atoms with Gasteiger partial charge in [0.1, 0.15) is 0 Å². The number of nitrogens with zero attached hydrogens (tertiary/aromatic N) is 10. The number of anilines is 18. The fourth-order valence-electron chi connectivity index (χ4n) is 11.3. The number of fused-ring (bicyclic) bond motifs is 24. The Hall–Kier alpha value is -8.16. The van der Waals surface area contributed by atoms with Crippen molar-refractivity contribution in [2.75, 3.05) is 76.9 Å². The maximum atomic E-state index is 9.18. The standard InChI is InChI=1S/C67H58N10.2Pt/c1-47-35-55(74-45-70(7)61-25-11-15-29-65(61)74)41-57(36-47)76(53-21-17-19-51(39-53)72-43-68(5)59-23-9-13-27-63(59)72)49-31-33-50(34-32-49)77(54-22-18-20-52(40-54)73-44-69(6)60-24-10-14-28-64(60)73)58-38-48(67(2,3)4)37-56(42-58)75-46-71(8)62-26-12-16-30-66(62)75;;/h9-42H,1-8H3;;/i5D3,6D3,7D3,8D3;;. The van der Waals surface area contributed by atoms with E-state index in [1.165, 1.54) is 19.6 Å². The van der Waals surface area contributed by atoms with Crippen LogP contribution in [-0.4, -0.2) is 44.5 Å². The topological polar surface area (TPSA) is 32.4 Å². The van der Waals surface area contributed by atoms with E-state index in [4.69, 9.17) is 12.3 Å². The van der Waals surface area contributed by atoms with Crippen LogP contribution < -0.4 is 49.0 Å². The van der Waals surface area contributed by atoms with Crippen LogP contribution >= 0.6 is 0 Å². The maximum absolute atomic E-state index is 9.18. The molecule has 0 N–H and O–H groups in total. The molecule has 0 atom stereocenters. The summed E-state index contributed by atoms with van der Waals surface area (Å²) in [6.45, 7) is -2.13. The first-order valence-electron chi connectivity index (χ1n) is 31.8. The Morgan fingerprint density at radius 3 is 0.911 bits per heavy atom. The average molecular weight is 1410 g/mol. The summed E-state index contributed by atoms with van der Waals surface area (Å²) in [5.41, 5.74) is 13.5. The summed E-state index contributed by atoms with van der Waals surface area (Å²) in [6, 6.07) is 66.8. The minimum atomic E-state index is -2.66. The van der Waals surface area contributed by atoms with Crippen molar-refractivity contribution in [2.45, 2.75) is 33.1 Å². The van der Waals surface area contributed by atoms with Crippen LogP contribution in [0.3, 0.4) is 0 Å². The second-order valence-corrected chi connectivity index (χ2v) is 26.2. The molecule has 6 aliphatic heterocycles. The summed E-state index contributed by atoms with van der Waals surface area (Å²) < 4.78 is 111. The van der Waals surface area contributed by atoms with E-state index in [0.717, 1.165) is 45.3 Å². The van der Waals surface area contributed by atoms with Gasteiger partial charge in [-0.1, -0.05) is 0 Å². The van der Waals surface area contributed by atoms with E-state index < -0.39 is 68.6 Å². The number of aryl methyl sites for hydroxylation is 1. The summed E-state index contributed by atoms with van der Waals surface area (Å²) in [7, 11) is 0. The average Bonchev–Trinajstić information content (AvgIpc) is 1.59. The Balaban J connectivity index is 0.962. The SMILES string of the molecule is [2H]C([2H])([2H])N1[C]2=[Pt]=[C]3N(c4cc(C)cc(c4)N(c4ccc(N5c6cccc(c6)N6[C](=[Pt]=[C]7N(c8cc5cc(C(C)(C)C)c8)c5ccccc5N7C([2H])([2H])[2H])N(C([2H])([2H])[2H])c5ccccc56)cc4)c4cccc(c4)N2c2ccccc21)c1ccccc1N3C([2H])([2H])[2H]. The first-order chi connectivity index (χ1) is 43.2. The third-order valence-corrected chi connectivity index (χ3v) is 21.1. The van der Waals surface area contributed by atoms with Gasteiger partial charge in [-0.25, -0.2) is 0 Å². The van der Waals surface area contributed by atoms with Crippen LogP contribution in [0.4, 0.5) is 102 Å². The van der Waals surface area contributed by atoms with Crippen LogP contribution in [0.15, 0.2) is 206 Å². The van der Waals surface area contributed by atoms with Gasteiger partial charge in [-0.05, 0) is 0 Å². The molecule has 6 heterocycles. The summed E-state index contributed by atoms with van der Waals surface area (Å²) in [6.07, 6.45) is 0. The Morgan fingerprint density at radius 1 is 0.291 bits per heavy atom. The molecule has 0 saturated carbocycles. The molecule has 0 unspecified atom stereocenters. The predicted octanol–water partition coefficient (Wildman–Crippen LogP) is 15.1. The Kier molecular flexibility index (Phi) is 8.36. The van der Waals surface area contributed by atoms with Crippen LogP contribution in [0.2, 0.25) is 0 Å². The van der Waals surface area contributed by atoms with Gasteiger partial charge in [-0.3, -0.25) is 0 Å². The molecular formula is C67H58N10Pt2. The number of hydrogen-bond donors (Lipinski definition) is 0. The Morgan fingerprint density at radius 2 is 0.570 bits per heavy atom. The summed E-state index contributed by atoms with van der Waals surface area (Å²) in [5.74, 6) is 0. The summed E-state index contributed by atoms with van der Waals surface area (Å²) >= 11 is -3.34. The van der Waals surface area contributed by atoms with E-state index in [-0.39, 0.29) is 0 Å². The predicted molar refractivity (Wildman–Crippen MR) is 327 cm³/mol. The number of rotatable bonds is 2. The van der Waals surface area contributed by atoms with Crippen LogP contribution in [0.5, 0.6) is 0 Å². The molecule has 12 heteroatoms. The molecular weight excluding hydrogens is 1330 g/mol. The van der Waals surface area contributed by atoms with Crippen LogP contribution in [0, 0.1) is 6.92 Å².